The van der Waals surface area contributed by atoms with E-state index in [0.717, 1.165) is 31.6 Å². The first-order valence-corrected chi connectivity index (χ1v) is 9.15. The van der Waals surface area contributed by atoms with E-state index >= 15 is 0 Å². The van der Waals surface area contributed by atoms with E-state index in [0.29, 0.717) is 5.69 Å². The van der Waals surface area contributed by atoms with Crippen LogP contribution in [0.25, 0.3) is 0 Å². The van der Waals surface area contributed by atoms with E-state index in [1.165, 1.54) is 27.2 Å². The Morgan fingerprint density at radius 3 is 2.25 bits per heavy atom. The van der Waals surface area contributed by atoms with Crippen molar-refractivity contribution in [1.29, 1.82) is 0 Å². The Morgan fingerprint density at radius 1 is 1.14 bits per heavy atom. The predicted octanol–water partition coefficient (Wildman–Crippen LogP) is 2.21. The van der Waals surface area contributed by atoms with Crippen molar-refractivity contribution < 1.29 is 28.6 Å². The molecule has 8 nitrogen and oxygen atoms in total. The van der Waals surface area contributed by atoms with E-state index in [1.54, 1.807) is 0 Å². The number of carbonyl (C=O) groups is 3. The van der Waals surface area contributed by atoms with Gasteiger partial charge in [-0.3, -0.25) is 4.79 Å². The van der Waals surface area contributed by atoms with Gasteiger partial charge in [-0.05, 0) is 37.1 Å². The fourth-order valence-electron chi connectivity index (χ4n) is 3.24. The van der Waals surface area contributed by atoms with Crippen molar-refractivity contribution in [3.8, 4) is 0 Å². The number of rotatable bonds is 4. The molecule has 0 amide bonds. The number of piperidine rings is 1. The van der Waals surface area contributed by atoms with Crippen LogP contribution in [0.15, 0.2) is 36.0 Å². The summed E-state index contributed by atoms with van der Waals surface area (Å²) in [7, 11) is 1.42. The molecule has 2 aliphatic rings. The van der Waals surface area contributed by atoms with E-state index in [-0.39, 0.29) is 17.5 Å². The highest BCUT2D eigenvalue weighted by molar-refractivity contribution is 6.15. The Balaban J connectivity index is 1.59. The van der Waals surface area contributed by atoms with Crippen LogP contribution >= 0.6 is 0 Å². The van der Waals surface area contributed by atoms with Crippen LogP contribution in [0.1, 0.15) is 26.7 Å². The van der Waals surface area contributed by atoms with Gasteiger partial charge in [0.2, 0.25) is 0 Å². The molecule has 2 heterocycles. The van der Waals surface area contributed by atoms with Crippen LogP contribution in [0.3, 0.4) is 0 Å². The Kier molecular flexibility index (Phi) is 5.58. The molecule has 0 bridgehead atoms. The molecule has 28 heavy (non-hydrogen) atoms. The molecule has 0 aliphatic carbocycles. The number of hydrogen-bond acceptors (Lipinski definition) is 8. The normalized spacial score (nSPS) is 19.5. The number of nitrogens with zero attached hydrogens (tertiary/aromatic N) is 1. The molecule has 2 aliphatic heterocycles. The third-order valence-corrected chi connectivity index (χ3v) is 4.76. The van der Waals surface area contributed by atoms with Gasteiger partial charge in [0.25, 0.3) is 5.79 Å². The summed E-state index contributed by atoms with van der Waals surface area (Å²) >= 11 is 0. The summed E-state index contributed by atoms with van der Waals surface area (Å²) in [6.07, 6.45) is 2.81. The Morgan fingerprint density at radius 2 is 1.71 bits per heavy atom. The van der Waals surface area contributed by atoms with Gasteiger partial charge in [-0.15, -0.1) is 0 Å². The molecule has 0 atom stereocenters. The number of methoxy groups -OCH3 is 1. The average molecular weight is 388 g/mol. The minimum absolute atomic E-state index is 0.0335. The zero-order valence-electron chi connectivity index (χ0n) is 16.2. The van der Waals surface area contributed by atoms with Gasteiger partial charge < -0.3 is 24.4 Å². The smallest absolute Gasteiger partial charge is 0.350 e. The van der Waals surface area contributed by atoms with Crippen LogP contribution in [0.4, 0.5) is 11.4 Å². The number of carbonyl (C=O) groups excluding carboxylic acids is 3. The lowest BCUT2D eigenvalue weighted by Crippen LogP contribution is -2.42. The van der Waals surface area contributed by atoms with Gasteiger partial charge >= 0.3 is 17.9 Å². The highest BCUT2D eigenvalue weighted by Crippen LogP contribution is 2.26. The van der Waals surface area contributed by atoms with Crippen LogP contribution < -0.4 is 10.2 Å². The minimum Gasteiger partial charge on any atom is -0.469 e. The van der Waals surface area contributed by atoms with Crippen molar-refractivity contribution in [3.05, 3.63) is 36.0 Å². The highest BCUT2D eigenvalue weighted by Gasteiger charge is 2.38. The molecule has 1 N–H and O–H groups in total. The van der Waals surface area contributed by atoms with Crippen molar-refractivity contribution in [2.75, 3.05) is 30.4 Å². The lowest BCUT2D eigenvalue weighted by Gasteiger charge is -2.32. The molecular formula is C20H24N2O6. The van der Waals surface area contributed by atoms with Crippen molar-refractivity contribution in [2.24, 2.45) is 5.92 Å². The van der Waals surface area contributed by atoms with Crippen molar-refractivity contribution >= 4 is 29.3 Å². The van der Waals surface area contributed by atoms with Crippen molar-refractivity contribution in [1.82, 2.24) is 0 Å². The monoisotopic (exact) mass is 388 g/mol. The molecule has 0 aromatic heterocycles. The quantitative estimate of drug-likeness (QED) is 0.477. The van der Waals surface area contributed by atoms with E-state index in [4.69, 9.17) is 14.2 Å². The van der Waals surface area contributed by atoms with Gasteiger partial charge in [0.1, 0.15) is 0 Å². The van der Waals surface area contributed by atoms with Crippen LogP contribution in [0.2, 0.25) is 0 Å². The Bertz CT molecular complexity index is 769. The van der Waals surface area contributed by atoms with E-state index in [9.17, 15) is 14.4 Å². The number of cyclic esters (lactones) is 2. The second-order valence-electron chi connectivity index (χ2n) is 7.21. The maximum Gasteiger partial charge on any atom is 0.350 e. The van der Waals surface area contributed by atoms with Crippen LogP contribution in [0.5, 0.6) is 0 Å². The number of hydrogen-bond donors (Lipinski definition) is 1. The molecular weight excluding hydrogens is 364 g/mol. The summed E-state index contributed by atoms with van der Waals surface area (Å²) in [6, 6.07) is 7.59. The fourth-order valence-corrected chi connectivity index (χ4v) is 3.24. The zero-order valence-corrected chi connectivity index (χ0v) is 16.2. The standard InChI is InChI=1S/C20H24N2O6/c1-20(2)27-18(24)16(19(25)28-20)12-21-14-4-6-15(7-5-14)22-10-8-13(9-11-22)17(23)26-3/h4-7,12-13,21H,8-11H2,1-3H3. The lowest BCUT2D eigenvalue weighted by molar-refractivity contribution is -0.222. The van der Waals surface area contributed by atoms with Gasteiger partial charge in [0, 0.05) is 44.5 Å². The first-order chi connectivity index (χ1) is 13.3. The molecule has 8 heteroatoms. The molecule has 3 rings (SSSR count). The summed E-state index contributed by atoms with van der Waals surface area (Å²) in [4.78, 5) is 37.7. The number of benzene rings is 1. The van der Waals surface area contributed by atoms with Gasteiger partial charge in [0.05, 0.1) is 13.0 Å². The second kappa shape index (κ2) is 7.92. The maximum atomic E-state index is 11.9. The predicted molar refractivity (Wildman–Crippen MR) is 101 cm³/mol. The lowest BCUT2D eigenvalue weighted by atomic mass is 9.96. The van der Waals surface area contributed by atoms with Crippen LogP contribution in [-0.4, -0.2) is 43.9 Å². The molecule has 0 spiro atoms. The summed E-state index contributed by atoms with van der Waals surface area (Å²) in [6.45, 7) is 4.56. The number of ether oxygens (including phenoxy) is 3. The Labute approximate surface area is 163 Å². The molecule has 0 saturated carbocycles. The van der Waals surface area contributed by atoms with Gasteiger partial charge in [-0.1, -0.05) is 0 Å². The SMILES string of the molecule is COC(=O)C1CCN(c2ccc(NC=C3C(=O)OC(C)(C)OC3=O)cc2)CC1. The van der Waals surface area contributed by atoms with Gasteiger partial charge in [-0.2, -0.15) is 0 Å². The second-order valence-corrected chi connectivity index (χ2v) is 7.21. The van der Waals surface area contributed by atoms with Gasteiger partial charge in [-0.25, -0.2) is 9.59 Å². The van der Waals surface area contributed by atoms with E-state index in [2.05, 4.69) is 10.2 Å². The number of esters is 3. The molecule has 150 valence electrons. The van der Waals surface area contributed by atoms with Gasteiger partial charge in [0.15, 0.2) is 5.57 Å². The largest absolute Gasteiger partial charge is 0.469 e. The van der Waals surface area contributed by atoms with Crippen molar-refractivity contribution in [2.45, 2.75) is 32.5 Å². The number of anilines is 2. The first-order valence-electron chi connectivity index (χ1n) is 9.15. The topological polar surface area (TPSA) is 94.2 Å². The minimum atomic E-state index is -1.26. The maximum absolute atomic E-state index is 11.9. The molecule has 0 radical (unpaired) electrons. The molecule has 1 aromatic rings. The van der Waals surface area contributed by atoms with Crippen molar-refractivity contribution in [3.63, 3.8) is 0 Å². The third-order valence-electron chi connectivity index (χ3n) is 4.76. The summed E-state index contributed by atoms with van der Waals surface area (Å²) in [5.41, 5.74) is 1.57. The zero-order chi connectivity index (χ0) is 20.3. The summed E-state index contributed by atoms with van der Waals surface area (Å²) < 4.78 is 14.9. The van der Waals surface area contributed by atoms with Crippen LogP contribution in [-0.2, 0) is 28.6 Å². The molecule has 1 aromatic carbocycles. The fraction of sp³-hybridized carbons (Fsp3) is 0.450. The highest BCUT2D eigenvalue weighted by atomic mass is 16.7. The average Bonchev–Trinajstić information content (AvgIpc) is 2.66. The Hall–Kier alpha value is -3.03. The van der Waals surface area contributed by atoms with E-state index in [1.807, 2.05) is 24.3 Å². The summed E-state index contributed by atoms with van der Waals surface area (Å²) in [5, 5.41) is 2.92. The molecule has 0 unspecified atom stereocenters. The van der Waals surface area contributed by atoms with Crippen LogP contribution in [0, 0.1) is 5.92 Å². The summed E-state index contributed by atoms with van der Waals surface area (Å²) in [5.74, 6) is -2.88. The molecule has 2 fully saturated rings. The first kappa shape index (κ1) is 19.7. The van der Waals surface area contributed by atoms with E-state index < -0.39 is 17.7 Å². The third kappa shape index (κ3) is 4.44. The number of nitrogens with one attached hydrogen (secondary N) is 1. The molecule has 2 saturated heterocycles.